The van der Waals surface area contributed by atoms with E-state index in [-0.39, 0.29) is 17.7 Å². The quantitative estimate of drug-likeness (QED) is 0.847. The number of aromatic nitrogens is 2. The van der Waals surface area contributed by atoms with E-state index in [1.165, 1.54) is 11.6 Å². The van der Waals surface area contributed by atoms with Crippen molar-refractivity contribution < 1.29 is 14.3 Å². The number of hydrogen-bond donors (Lipinski definition) is 0. The average molecular weight is 352 g/mol. The van der Waals surface area contributed by atoms with Crippen LogP contribution in [-0.4, -0.2) is 39.6 Å². The second-order valence-electron chi connectivity index (χ2n) is 6.38. The van der Waals surface area contributed by atoms with Crippen LogP contribution in [-0.2, 0) is 4.79 Å². The van der Waals surface area contributed by atoms with Gasteiger partial charge in [0.25, 0.3) is 0 Å². The summed E-state index contributed by atoms with van der Waals surface area (Å²) in [7, 11) is 0. The number of benzene rings is 1. The zero-order chi connectivity index (χ0) is 18.7. The maximum Gasteiger partial charge on any atom is 0.243 e. The van der Waals surface area contributed by atoms with Crippen molar-refractivity contribution in [3.8, 4) is 17.6 Å². The third-order valence-electron chi connectivity index (χ3n) is 4.49. The Kier molecular flexibility index (Phi) is 5.03. The first kappa shape index (κ1) is 17.7. The number of amides is 1. The molecule has 0 spiro atoms. The van der Waals surface area contributed by atoms with Crippen LogP contribution in [0.5, 0.6) is 11.5 Å². The Bertz CT molecular complexity index is 864. The highest BCUT2D eigenvalue weighted by molar-refractivity contribution is 5.75. The van der Waals surface area contributed by atoms with Crippen molar-refractivity contribution in [2.75, 3.05) is 13.1 Å². The summed E-state index contributed by atoms with van der Waals surface area (Å²) in [5, 5.41) is 13.3. The maximum atomic E-state index is 11.7. The number of carbonyl (C=O) groups is 2. The molecule has 1 aromatic heterocycles. The first-order valence-corrected chi connectivity index (χ1v) is 8.52. The van der Waals surface area contributed by atoms with Crippen LogP contribution in [0.4, 0.5) is 0 Å². The van der Waals surface area contributed by atoms with E-state index in [1.54, 1.807) is 42.3 Å². The van der Waals surface area contributed by atoms with Gasteiger partial charge in [-0.3, -0.25) is 9.59 Å². The number of ether oxygens (including phenoxy) is 1. The van der Waals surface area contributed by atoms with E-state index in [2.05, 4.69) is 11.2 Å². The van der Waals surface area contributed by atoms with Crippen molar-refractivity contribution in [3.63, 3.8) is 0 Å². The fourth-order valence-corrected chi connectivity index (χ4v) is 3.11. The molecule has 1 amide bonds. The zero-order valence-corrected chi connectivity index (χ0v) is 14.8. The van der Waals surface area contributed by atoms with Crippen LogP contribution in [0.1, 0.15) is 48.7 Å². The molecule has 134 valence electrons. The minimum Gasteiger partial charge on any atom is -0.454 e. The molecule has 0 bridgehead atoms. The van der Waals surface area contributed by atoms with Crippen molar-refractivity contribution in [1.82, 2.24) is 14.7 Å². The van der Waals surface area contributed by atoms with Gasteiger partial charge in [0.1, 0.15) is 11.4 Å². The predicted molar refractivity (Wildman–Crippen MR) is 94.0 cm³/mol. The smallest absolute Gasteiger partial charge is 0.243 e. The highest BCUT2D eigenvalue weighted by atomic mass is 16.5. The summed E-state index contributed by atoms with van der Waals surface area (Å²) in [5.41, 5.74) is 1.22. The van der Waals surface area contributed by atoms with Crippen molar-refractivity contribution in [3.05, 3.63) is 41.7 Å². The fraction of sp³-hybridized carbons (Fsp3) is 0.368. The highest BCUT2D eigenvalue weighted by Gasteiger charge is 2.28. The first-order chi connectivity index (χ1) is 12.5. The van der Waals surface area contributed by atoms with Gasteiger partial charge in [-0.1, -0.05) is 0 Å². The molecule has 1 aromatic carbocycles. The SMILES string of the molecule is CC(=O)N1CCC[C@H](c2nn(C(C)=O)cc2Oc2ccc(C#N)cc2)C1. The molecule has 0 radical (unpaired) electrons. The van der Waals surface area contributed by atoms with E-state index in [0.717, 1.165) is 19.4 Å². The molecule has 7 heteroatoms. The lowest BCUT2D eigenvalue weighted by atomic mass is 9.94. The molecule has 0 saturated carbocycles. The largest absolute Gasteiger partial charge is 0.454 e. The molecule has 26 heavy (non-hydrogen) atoms. The average Bonchev–Trinajstić information content (AvgIpc) is 3.06. The van der Waals surface area contributed by atoms with Crippen LogP contribution in [0.15, 0.2) is 30.5 Å². The van der Waals surface area contributed by atoms with Gasteiger partial charge in [-0.15, -0.1) is 0 Å². The summed E-state index contributed by atoms with van der Waals surface area (Å²) in [4.78, 5) is 25.3. The van der Waals surface area contributed by atoms with E-state index in [4.69, 9.17) is 10.00 Å². The fourth-order valence-electron chi connectivity index (χ4n) is 3.11. The van der Waals surface area contributed by atoms with E-state index in [0.29, 0.717) is 29.3 Å². The second kappa shape index (κ2) is 7.40. The number of carbonyl (C=O) groups excluding carboxylic acids is 2. The Labute approximate surface area is 151 Å². The topological polar surface area (TPSA) is 88.2 Å². The Morgan fingerprint density at radius 1 is 1.23 bits per heavy atom. The summed E-state index contributed by atoms with van der Waals surface area (Å²) >= 11 is 0. The molecule has 2 aromatic rings. The molecule has 0 aliphatic carbocycles. The van der Waals surface area contributed by atoms with E-state index in [9.17, 15) is 9.59 Å². The van der Waals surface area contributed by atoms with Crippen LogP contribution in [0.2, 0.25) is 0 Å². The van der Waals surface area contributed by atoms with Gasteiger partial charge in [0, 0.05) is 32.9 Å². The molecule has 7 nitrogen and oxygen atoms in total. The molecule has 1 atom stereocenters. The molecule has 3 rings (SSSR count). The maximum absolute atomic E-state index is 11.7. The lowest BCUT2D eigenvalue weighted by molar-refractivity contribution is -0.130. The molecule has 0 unspecified atom stereocenters. The third kappa shape index (κ3) is 3.75. The van der Waals surface area contributed by atoms with Crippen molar-refractivity contribution in [2.24, 2.45) is 0 Å². The van der Waals surface area contributed by atoms with Gasteiger partial charge in [-0.25, -0.2) is 4.68 Å². The lowest BCUT2D eigenvalue weighted by Crippen LogP contribution is -2.37. The molecular formula is C19H20N4O3. The summed E-state index contributed by atoms with van der Waals surface area (Å²) < 4.78 is 7.21. The highest BCUT2D eigenvalue weighted by Crippen LogP contribution is 2.34. The number of rotatable bonds is 3. The van der Waals surface area contributed by atoms with Crippen LogP contribution < -0.4 is 4.74 Å². The van der Waals surface area contributed by atoms with Crippen molar-refractivity contribution >= 4 is 11.8 Å². The second-order valence-corrected chi connectivity index (χ2v) is 6.38. The Balaban J connectivity index is 1.90. The molecule has 0 N–H and O–H groups in total. The van der Waals surface area contributed by atoms with Crippen LogP contribution in [0.25, 0.3) is 0 Å². The molecule has 2 heterocycles. The number of piperidine rings is 1. The molecule has 1 fully saturated rings. The number of hydrogen-bond acceptors (Lipinski definition) is 5. The van der Waals surface area contributed by atoms with Gasteiger partial charge in [-0.05, 0) is 37.1 Å². The zero-order valence-electron chi connectivity index (χ0n) is 14.8. The number of likely N-dealkylation sites (tertiary alicyclic amines) is 1. The standard InChI is InChI=1S/C19H20N4O3/c1-13(24)22-9-3-4-16(11-22)19-18(12-23(21-19)14(2)25)26-17-7-5-15(10-20)6-8-17/h5-8,12,16H,3-4,9,11H2,1-2H3/t16-/m0/s1. The van der Waals surface area contributed by atoms with Crippen molar-refractivity contribution in [2.45, 2.75) is 32.6 Å². The number of nitrogens with zero attached hydrogens (tertiary/aromatic N) is 4. The lowest BCUT2D eigenvalue weighted by Gasteiger charge is -2.31. The van der Waals surface area contributed by atoms with E-state index in [1.807, 2.05) is 0 Å². The van der Waals surface area contributed by atoms with Gasteiger partial charge < -0.3 is 9.64 Å². The van der Waals surface area contributed by atoms with Crippen LogP contribution in [0, 0.1) is 11.3 Å². The van der Waals surface area contributed by atoms with Gasteiger partial charge in [0.05, 0.1) is 17.8 Å². The minimum absolute atomic E-state index is 0.0154. The van der Waals surface area contributed by atoms with Gasteiger partial charge in [-0.2, -0.15) is 10.4 Å². The molecule has 1 aliphatic heterocycles. The first-order valence-electron chi connectivity index (χ1n) is 8.52. The normalized spacial score (nSPS) is 16.8. The van der Waals surface area contributed by atoms with Crippen molar-refractivity contribution in [1.29, 1.82) is 5.26 Å². The van der Waals surface area contributed by atoms with Gasteiger partial charge in [0.2, 0.25) is 11.8 Å². The van der Waals surface area contributed by atoms with Gasteiger partial charge >= 0.3 is 0 Å². The van der Waals surface area contributed by atoms with Gasteiger partial charge in [0.15, 0.2) is 5.75 Å². The van der Waals surface area contributed by atoms with Crippen LogP contribution in [0.3, 0.4) is 0 Å². The Morgan fingerprint density at radius 3 is 2.58 bits per heavy atom. The molecule has 1 aliphatic rings. The molecular weight excluding hydrogens is 332 g/mol. The van der Waals surface area contributed by atoms with Crippen LogP contribution >= 0.6 is 0 Å². The number of nitriles is 1. The Morgan fingerprint density at radius 2 is 1.96 bits per heavy atom. The summed E-state index contributed by atoms with van der Waals surface area (Å²) in [6, 6.07) is 8.81. The summed E-state index contributed by atoms with van der Waals surface area (Å²) in [6.45, 7) is 4.30. The summed E-state index contributed by atoms with van der Waals surface area (Å²) in [6.07, 6.45) is 3.33. The van der Waals surface area contributed by atoms with E-state index < -0.39 is 0 Å². The minimum atomic E-state index is -0.208. The monoisotopic (exact) mass is 352 g/mol. The molecule has 1 saturated heterocycles. The summed E-state index contributed by atoms with van der Waals surface area (Å²) in [5.74, 6) is 0.907. The predicted octanol–water partition coefficient (Wildman–Crippen LogP) is 2.93. The Hall–Kier alpha value is -3.14. The third-order valence-corrected chi connectivity index (χ3v) is 4.49. The van der Waals surface area contributed by atoms with E-state index >= 15 is 0 Å².